The van der Waals surface area contributed by atoms with Gasteiger partial charge in [0.15, 0.2) is 0 Å². The number of halogens is 1. The van der Waals surface area contributed by atoms with Gasteiger partial charge < -0.3 is 14.4 Å². The highest BCUT2D eigenvalue weighted by atomic mass is 19.1. The standard InChI is InChI=1S/C17H22FNO3/c1-17(2,3)22-16(20)19-9-5-8-13(19)15-14(21-15)11-6-4-7-12(18)10-11/h4,6-7,10,13-15H,5,8-9H2,1-3H3/t13?,14-,15-/m0/s1. The largest absolute Gasteiger partial charge is 0.444 e. The van der Waals surface area contributed by atoms with E-state index in [-0.39, 0.29) is 30.2 Å². The van der Waals surface area contributed by atoms with E-state index in [4.69, 9.17) is 9.47 Å². The summed E-state index contributed by atoms with van der Waals surface area (Å²) < 4.78 is 24.5. The van der Waals surface area contributed by atoms with Crippen molar-refractivity contribution in [2.45, 2.75) is 57.5 Å². The van der Waals surface area contributed by atoms with E-state index < -0.39 is 5.60 Å². The lowest BCUT2D eigenvalue weighted by Gasteiger charge is -2.28. The highest BCUT2D eigenvalue weighted by Crippen LogP contribution is 2.45. The van der Waals surface area contributed by atoms with Gasteiger partial charge in [0.25, 0.3) is 0 Å². The second kappa shape index (κ2) is 5.54. The molecule has 2 fully saturated rings. The summed E-state index contributed by atoms with van der Waals surface area (Å²) >= 11 is 0. The maximum atomic E-state index is 13.3. The van der Waals surface area contributed by atoms with Gasteiger partial charge in [-0.25, -0.2) is 9.18 Å². The van der Waals surface area contributed by atoms with Crippen LogP contribution < -0.4 is 0 Å². The van der Waals surface area contributed by atoms with Gasteiger partial charge in [-0.15, -0.1) is 0 Å². The first kappa shape index (κ1) is 15.3. The van der Waals surface area contributed by atoms with Crippen LogP contribution in [0.15, 0.2) is 24.3 Å². The molecule has 0 aliphatic carbocycles. The van der Waals surface area contributed by atoms with Crippen LogP contribution in [0.25, 0.3) is 0 Å². The van der Waals surface area contributed by atoms with Crippen molar-refractivity contribution in [2.75, 3.05) is 6.54 Å². The maximum absolute atomic E-state index is 13.3. The minimum Gasteiger partial charge on any atom is -0.444 e. The minimum atomic E-state index is -0.503. The van der Waals surface area contributed by atoms with E-state index in [1.54, 1.807) is 11.0 Å². The van der Waals surface area contributed by atoms with Gasteiger partial charge >= 0.3 is 6.09 Å². The summed E-state index contributed by atoms with van der Waals surface area (Å²) in [6, 6.07) is 6.48. The Bertz CT molecular complexity index is 569. The molecule has 0 N–H and O–H groups in total. The predicted octanol–water partition coefficient (Wildman–Crippen LogP) is 3.67. The highest BCUT2D eigenvalue weighted by Gasteiger charge is 2.51. The monoisotopic (exact) mass is 307 g/mol. The molecule has 1 unspecified atom stereocenters. The molecule has 22 heavy (non-hydrogen) atoms. The number of hydrogen-bond donors (Lipinski definition) is 0. The molecule has 2 heterocycles. The number of carbonyl (C=O) groups excluding carboxylic acids is 1. The Morgan fingerprint density at radius 2 is 2.18 bits per heavy atom. The Hall–Kier alpha value is -1.62. The van der Waals surface area contributed by atoms with Crippen molar-refractivity contribution in [2.24, 2.45) is 0 Å². The topological polar surface area (TPSA) is 42.1 Å². The summed E-state index contributed by atoms with van der Waals surface area (Å²) in [5.74, 6) is -0.262. The van der Waals surface area contributed by atoms with Crippen molar-refractivity contribution in [3.63, 3.8) is 0 Å². The summed E-state index contributed by atoms with van der Waals surface area (Å²) in [7, 11) is 0. The average molecular weight is 307 g/mol. The zero-order chi connectivity index (χ0) is 15.9. The number of amides is 1. The number of likely N-dealkylation sites (tertiary alicyclic amines) is 1. The molecule has 120 valence electrons. The average Bonchev–Trinajstić information content (AvgIpc) is 3.05. The van der Waals surface area contributed by atoms with Crippen LogP contribution in [0.3, 0.4) is 0 Å². The molecule has 5 heteroatoms. The molecule has 1 aromatic rings. The number of carbonyl (C=O) groups is 1. The molecule has 2 saturated heterocycles. The van der Waals surface area contributed by atoms with E-state index in [2.05, 4.69) is 0 Å². The number of hydrogen-bond acceptors (Lipinski definition) is 3. The van der Waals surface area contributed by atoms with Crippen LogP contribution in [-0.2, 0) is 9.47 Å². The van der Waals surface area contributed by atoms with Crippen molar-refractivity contribution < 1.29 is 18.7 Å². The van der Waals surface area contributed by atoms with Crippen LogP contribution in [0.1, 0.15) is 45.3 Å². The van der Waals surface area contributed by atoms with Crippen LogP contribution in [0.2, 0.25) is 0 Å². The Morgan fingerprint density at radius 1 is 1.41 bits per heavy atom. The molecule has 0 aromatic heterocycles. The van der Waals surface area contributed by atoms with Crippen molar-refractivity contribution in [1.82, 2.24) is 4.90 Å². The van der Waals surface area contributed by atoms with Gasteiger partial charge in [-0.05, 0) is 51.3 Å². The molecule has 2 aliphatic rings. The van der Waals surface area contributed by atoms with E-state index in [0.29, 0.717) is 6.54 Å². The molecule has 1 aromatic carbocycles. The van der Waals surface area contributed by atoms with E-state index in [9.17, 15) is 9.18 Å². The SMILES string of the molecule is CC(C)(C)OC(=O)N1CCCC1[C@@H]1O[C@H]1c1cccc(F)c1. The van der Waals surface area contributed by atoms with E-state index >= 15 is 0 Å². The van der Waals surface area contributed by atoms with Crippen LogP contribution in [-0.4, -0.2) is 35.3 Å². The Labute approximate surface area is 130 Å². The number of ether oxygens (including phenoxy) is 2. The molecule has 0 saturated carbocycles. The van der Waals surface area contributed by atoms with Crippen LogP contribution in [0.4, 0.5) is 9.18 Å². The van der Waals surface area contributed by atoms with Crippen molar-refractivity contribution >= 4 is 6.09 Å². The van der Waals surface area contributed by atoms with Crippen molar-refractivity contribution in [3.05, 3.63) is 35.6 Å². The first-order chi connectivity index (χ1) is 10.3. The number of epoxide rings is 1. The van der Waals surface area contributed by atoms with Crippen molar-refractivity contribution in [1.29, 1.82) is 0 Å². The second-order valence-electron chi connectivity index (χ2n) is 6.96. The Kier molecular flexibility index (Phi) is 3.85. The predicted molar refractivity (Wildman–Crippen MR) is 80.0 cm³/mol. The van der Waals surface area contributed by atoms with Gasteiger partial charge in [-0.1, -0.05) is 12.1 Å². The van der Waals surface area contributed by atoms with Gasteiger partial charge in [0.05, 0.1) is 6.04 Å². The van der Waals surface area contributed by atoms with Crippen LogP contribution >= 0.6 is 0 Å². The molecule has 4 nitrogen and oxygen atoms in total. The van der Waals surface area contributed by atoms with Crippen LogP contribution in [0.5, 0.6) is 0 Å². The van der Waals surface area contributed by atoms with Crippen LogP contribution in [0, 0.1) is 5.82 Å². The van der Waals surface area contributed by atoms with E-state index in [0.717, 1.165) is 18.4 Å². The molecular formula is C17H22FNO3. The number of rotatable bonds is 2. The molecule has 3 atom stereocenters. The smallest absolute Gasteiger partial charge is 0.410 e. The molecule has 0 bridgehead atoms. The maximum Gasteiger partial charge on any atom is 0.410 e. The van der Waals surface area contributed by atoms with Gasteiger partial charge in [0.2, 0.25) is 0 Å². The summed E-state index contributed by atoms with van der Waals surface area (Å²) in [5, 5.41) is 0. The lowest BCUT2D eigenvalue weighted by molar-refractivity contribution is 0.0204. The normalized spacial score (nSPS) is 27.8. The second-order valence-corrected chi connectivity index (χ2v) is 6.96. The third kappa shape index (κ3) is 3.24. The van der Waals surface area contributed by atoms with Gasteiger partial charge in [-0.3, -0.25) is 0 Å². The zero-order valence-electron chi connectivity index (χ0n) is 13.2. The van der Waals surface area contributed by atoms with Gasteiger partial charge in [-0.2, -0.15) is 0 Å². The number of nitrogens with zero attached hydrogens (tertiary/aromatic N) is 1. The molecular weight excluding hydrogens is 285 g/mol. The fourth-order valence-corrected chi connectivity index (χ4v) is 3.05. The lowest BCUT2D eigenvalue weighted by atomic mass is 10.0. The first-order valence-electron chi connectivity index (χ1n) is 7.76. The lowest BCUT2D eigenvalue weighted by Crippen LogP contribution is -2.42. The summed E-state index contributed by atoms with van der Waals surface area (Å²) in [5.41, 5.74) is 0.331. The van der Waals surface area contributed by atoms with Gasteiger partial charge in [0, 0.05) is 6.54 Å². The Balaban J connectivity index is 1.66. The van der Waals surface area contributed by atoms with E-state index in [1.165, 1.54) is 12.1 Å². The number of benzene rings is 1. The molecule has 1 amide bonds. The fraction of sp³-hybridized carbons (Fsp3) is 0.588. The third-order valence-corrected chi connectivity index (χ3v) is 4.01. The molecule has 3 rings (SSSR count). The summed E-state index contributed by atoms with van der Waals surface area (Å²) in [6.45, 7) is 6.27. The zero-order valence-corrected chi connectivity index (χ0v) is 13.2. The molecule has 0 spiro atoms. The minimum absolute atomic E-state index is 0.0168. The Morgan fingerprint density at radius 3 is 2.86 bits per heavy atom. The molecule has 2 aliphatic heterocycles. The fourth-order valence-electron chi connectivity index (χ4n) is 3.05. The summed E-state index contributed by atoms with van der Waals surface area (Å²) in [4.78, 5) is 14.0. The van der Waals surface area contributed by atoms with E-state index in [1.807, 2.05) is 26.8 Å². The highest BCUT2D eigenvalue weighted by molar-refractivity contribution is 5.69. The molecule has 0 radical (unpaired) electrons. The van der Waals surface area contributed by atoms with Gasteiger partial charge in [0.1, 0.15) is 23.6 Å². The quantitative estimate of drug-likeness (QED) is 0.783. The van der Waals surface area contributed by atoms with Crippen molar-refractivity contribution in [3.8, 4) is 0 Å². The third-order valence-electron chi connectivity index (χ3n) is 4.01. The summed E-state index contributed by atoms with van der Waals surface area (Å²) in [6.07, 6.45) is 1.37. The first-order valence-corrected chi connectivity index (χ1v) is 7.76.